The summed E-state index contributed by atoms with van der Waals surface area (Å²) in [5, 5.41) is 9.49. The van der Waals surface area contributed by atoms with Crippen molar-refractivity contribution in [1.82, 2.24) is 19.8 Å². The van der Waals surface area contributed by atoms with Gasteiger partial charge in [-0.15, -0.1) is 0 Å². The van der Waals surface area contributed by atoms with E-state index in [0.29, 0.717) is 38.3 Å². The van der Waals surface area contributed by atoms with Gasteiger partial charge in [-0.3, -0.25) is 4.79 Å². The van der Waals surface area contributed by atoms with Gasteiger partial charge in [0, 0.05) is 36.7 Å². The Morgan fingerprint density at radius 3 is 2.80 bits per heavy atom. The maximum atomic E-state index is 13.8. The van der Waals surface area contributed by atoms with Crippen molar-refractivity contribution in [1.29, 1.82) is 5.26 Å². The number of nitrogens with zero attached hydrogens (tertiary/aromatic N) is 6. The summed E-state index contributed by atoms with van der Waals surface area (Å²) < 4.78 is 20.1. The largest absolute Gasteiger partial charge is 0.462 e. The Morgan fingerprint density at radius 1 is 1.17 bits per heavy atom. The molecule has 1 amide bonds. The number of piperazine rings is 1. The molecule has 3 atom stereocenters. The molecule has 8 nitrogen and oxygen atoms in total. The molecule has 0 N–H and O–H groups in total. The molecule has 0 saturated carbocycles. The van der Waals surface area contributed by atoms with E-state index in [1.807, 2.05) is 0 Å². The number of aromatic nitrogens is 2. The van der Waals surface area contributed by atoms with Crippen molar-refractivity contribution < 1.29 is 13.9 Å². The van der Waals surface area contributed by atoms with E-state index in [4.69, 9.17) is 14.7 Å². The van der Waals surface area contributed by atoms with Gasteiger partial charge in [-0.05, 0) is 76.1 Å². The molecular formula is C32H39FN6O2. The predicted molar refractivity (Wildman–Crippen MR) is 154 cm³/mol. The summed E-state index contributed by atoms with van der Waals surface area (Å²) in [7, 11) is 2.13. The first kappa shape index (κ1) is 27.6. The van der Waals surface area contributed by atoms with E-state index in [9.17, 15) is 14.4 Å². The first-order valence-electron chi connectivity index (χ1n) is 15.0. The number of likely N-dealkylation sites (N-methyl/N-ethyl adjacent to an activating group) is 1. The second-order valence-corrected chi connectivity index (χ2v) is 12.2. The molecule has 2 aliphatic heterocycles. The molecular weight excluding hydrogens is 519 g/mol. The third-order valence-electron chi connectivity index (χ3n) is 9.78. The van der Waals surface area contributed by atoms with Gasteiger partial charge in [0.05, 0.1) is 24.2 Å². The fourth-order valence-electron chi connectivity index (χ4n) is 7.56. The zero-order valence-electron chi connectivity index (χ0n) is 23.9. The minimum absolute atomic E-state index is 0.0619. The molecule has 2 aliphatic carbocycles. The van der Waals surface area contributed by atoms with Gasteiger partial charge < -0.3 is 19.4 Å². The molecule has 3 heterocycles. The van der Waals surface area contributed by atoms with Crippen molar-refractivity contribution in [3.05, 3.63) is 59.1 Å². The predicted octanol–water partition coefficient (Wildman–Crippen LogP) is 4.13. The number of amides is 1. The highest BCUT2D eigenvalue weighted by atomic mass is 19.1. The fraction of sp³-hybridized carbons (Fsp3) is 0.562. The number of likely N-dealkylation sites (tertiary alicyclic amines) is 1. The third-order valence-corrected chi connectivity index (χ3v) is 9.78. The van der Waals surface area contributed by atoms with Crippen LogP contribution in [0.2, 0.25) is 0 Å². The number of carbonyl (C=O) groups is 1. The number of fused-ring (bicyclic) bond motifs is 3. The summed E-state index contributed by atoms with van der Waals surface area (Å²) in [6.07, 6.45) is 8.54. The molecule has 0 radical (unpaired) electrons. The average molecular weight is 559 g/mol. The molecule has 1 aromatic carbocycles. The SMILES string of the molecule is C=C(F)C(=O)N1CCN(c2nc(OC[C@@H]3CCCN3C)nc3c2CCC2(CCCc4ccccc42)C3)C[C@@H]1CC#N. The maximum absolute atomic E-state index is 13.8. The molecule has 9 heteroatoms. The highest BCUT2D eigenvalue weighted by Crippen LogP contribution is 2.47. The second kappa shape index (κ2) is 11.4. The Kier molecular flexibility index (Phi) is 7.69. The van der Waals surface area contributed by atoms with Crippen molar-refractivity contribution in [2.24, 2.45) is 0 Å². The van der Waals surface area contributed by atoms with Crippen LogP contribution in [0.4, 0.5) is 10.2 Å². The van der Waals surface area contributed by atoms with Crippen molar-refractivity contribution in [3.63, 3.8) is 0 Å². The molecule has 0 bridgehead atoms. The molecule has 1 aromatic heterocycles. The Bertz CT molecular complexity index is 1370. The summed E-state index contributed by atoms with van der Waals surface area (Å²) in [6.45, 7) is 5.99. The highest BCUT2D eigenvalue weighted by Gasteiger charge is 2.42. The van der Waals surface area contributed by atoms with Crippen LogP contribution < -0.4 is 9.64 Å². The van der Waals surface area contributed by atoms with Crippen LogP contribution in [0, 0.1) is 11.3 Å². The standard InChI is InChI=1S/C32H39FN6O2/c1-22(33)30(40)39-18-17-38(20-24(39)12-15-34)29-26-11-14-32(13-5-8-23-7-3-4-10-27(23)32)19-28(26)35-31(36-29)41-21-25-9-6-16-37(25)2/h3-4,7,10,24-25H,1,5-6,8-9,11-14,16-21H2,2H3/t24-,25-,32?/m0/s1. The summed E-state index contributed by atoms with van der Waals surface area (Å²) in [6, 6.07) is 11.3. The van der Waals surface area contributed by atoms with Crippen LogP contribution in [-0.4, -0.2) is 77.6 Å². The van der Waals surface area contributed by atoms with Crippen LogP contribution in [0.5, 0.6) is 6.01 Å². The topological polar surface area (TPSA) is 85.6 Å². The van der Waals surface area contributed by atoms with E-state index in [2.05, 4.69) is 53.8 Å². The van der Waals surface area contributed by atoms with Crippen molar-refractivity contribution in [2.75, 3.05) is 44.7 Å². The first-order valence-corrected chi connectivity index (χ1v) is 15.0. The molecule has 1 spiro atoms. The van der Waals surface area contributed by atoms with E-state index in [0.717, 1.165) is 68.6 Å². The molecule has 41 heavy (non-hydrogen) atoms. The van der Waals surface area contributed by atoms with Crippen molar-refractivity contribution in [3.8, 4) is 12.1 Å². The summed E-state index contributed by atoms with van der Waals surface area (Å²) >= 11 is 0. The first-order chi connectivity index (χ1) is 19.9. The van der Waals surface area contributed by atoms with Crippen LogP contribution in [0.25, 0.3) is 0 Å². The van der Waals surface area contributed by atoms with Gasteiger partial charge in [-0.1, -0.05) is 30.8 Å². The summed E-state index contributed by atoms with van der Waals surface area (Å²) in [5.41, 5.74) is 5.15. The lowest BCUT2D eigenvalue weighted by molar-refractivity contribution is -0.131. The van der Waals surface area contributed by atoms with Gasteiger partial charge in [-0.25, -0.2) is 4.39 Å². The van der Waals surface area contributed by atoms with E-state index in [1.54, 1.807) is 0 Å². The number of benzene rings is 1. The Morgan fingerprint density at radius 2 is 2.02 bits per heavy atom. The number of anilines is 1. The van der Waals surface area contributed by atoms with Gasteiger partial charge in [0.1, 0.15) is 12.4 Å². The maximum Gasteiger partial charge on any atom is 0.318 e. The van der Waals surface area contributed by atoms with Crippen LogP contribution in [0.1, 0.15) is 60.9 Å². The monoisotopic (exact) mass is 558 g/mol. The molecule has 4 aliphatic rings. The molecule has 2 aromatic rings. The van der Waals surface area contributed by atoms with Gasteiger partial charge in [0.25, 0.3) is 5.91 Å². The molecule has 6 rings (SSSR count). The second-order valence-electron chi connectivity index (χ2n) is 12.2. The summed E-state index contributed by atoms with van der Waals surface area (Å²) in [4.78, 5) is 28.4. The average Bonchev–Trinajstić information content (AvgIpc) is 3.40. The summed E-state index contributed by atoms with van der Waals surface area (Å²) in [5.74, 6) is -0.901. The minimum Gasteiger partial charge on any atom is -0.462 e. The van der Waals surface area contributed by atoms with Crippen LogP contribution >= 0.6 is 0 Å². The van der Waals surface area contributed by atoms with Gasteiger partial charge in [0.15, 0.2) is 5.83 Å². The number of rotatable bonds is 6. The zero-order chi connectivity index (χ0) is 28.6. The number of halogens is 1. The Hall–Kier alpha value is -3.51. The number of nitriles is 1. The quantitative estimate of drug-likeness (QED) is 0.493. The van der Waals surface area contributed by atoms with Crippen LogP contribution in [-0.2, 0) is 29.5 Å². The van der Waals surface area contributed by atoms with E-state index >= 15 is 0 Å². The van der Waals surface area contributed by atoms with E-state index in [1.165, 1.54) is 22.4 Å². The van der Waals surface area contributed by atoms with Crippen LogP contribution in [0.3, 0.4) is 0 Å². The van der Waals surface area contributed by atoms with Crippen molar-refractivity contribution in [2.45, 2.75) is 75.3 Å². The lowest BCUT2D eigenvalue weighted by Crippen LogP contribution is -2.55. The number of hydrogen-bond acceptors (Lipinski definition) is 7. The number of hydrogen-bond donors (Lipinski definition) is 0. The lowest BCUT2D eigenvalue weighted by Gasteiger charge is -2.44. The smallest absolute Gasteiger partial charge is 0.318 e. The van der Waals surface area contributed by atoms with Gasteiger partial charge >= 0.3 is 6.01 Å². The van der Waals surface area contributed by atoms with E-state index in [-0.39, 0.29) is 11.8 Å². The van der Waals surface area contributed by atoms with Crippen molar-refractivity contribution >= 4 is 11.7 Å². The van der Waals surface area contributed by atoms with Gasteiger partial charge in [0.2, 0.25) is 0 Å². The highest BCUT2D eigenvalue weighted by molar-refractivity contribution is 5.91. The Balaban J connectivity index is 1.34. The normalized spacial score (nSPS) is 25.9. The number of carbonyl (C=O) groups excluding carboxylic acids is 1. The third kappa shape index (κ3) is 5.30. The van der Waals surface area contributed by atoms with E-state index < -0.39 is 17.8 Å². The number of ether oxygens (including phenoxy) is 1. The Labute approximate surface area is 241 Å². The van der Waals surface area contributed by atoms with Gasteiger partial charge in [-0.2, -0.15) is 15.2 Å². The lowest BCUT2D eigenvalue weighted by atomic mass is 9.62. The molecule has 2 fully saturated rings. The fourth-order valence-corrected chi connectivity index (χ4v) is 7.56. The molecule has 2 saturated heterocycles. The minimum atomic E-state index is -0.994. The molecule has 1 unspecified atom stereocenters. The van der Waals surface area contributed by atoms with Crippen LogP contribution in [0.15, 0.2) is 36.7 Å². The number of aryl methyl sites for hydroxylation is 1. The zero-order valence-corrected chi connectivity index (χ0v) is 23.9. The molecule has 216 valence electrons.